The van der Waals surface area contributed by atoms with Crippen LogP contribution >= 0.6 is 0 Å². The zero-order chi connectivity index (χ0) is 23.1. The lowest BCUT2D eigenvalue weighted by atomic mass is 10.1. The van der Waals surface area contributed by atoms with Gasteiger partial charge in [0.1, 0.15) is 22.4 Å². The summed E-state index contributed by atoms with van der Waals surface area (Å²) in [5.74, 6) is 0.169. The number of benzene rings is 3. The predicted octanol–water partition coefficient (Wildman–Crippen LogP) is 3.54. The molecular formula is C24H26N2O5S. The van der Waals surface area contributed by atoms with Crippen molar-refractivity contribution in [2.45, 2.75) is 24.3 Å². The van der Waals surface area contributed by atoms with Crippen molar-refractivity contribution < 1.29 is 22.7 Å². The van der Waals surface area contributed by atoms with Gasteiger partial charge in [0.15, 0.2) is 0 Å². The number of methoxy groups -OCH3 is 2. The van der Waals surface area contributed by atoms with E-state index in [1.807, 2.05) is 30.3 Å². The van der Waals surface area contributed by atoms with E-state index in [2.05, 4.69) is 10.0 Å². The minimum Gasteiger partial charge on any atom is -0.495 e. The number of nitrogens with one attached hydrogen (secondary N) is 2. The van der Waals surface area contributed by atoms with Crippen molar-refractivity contribution in [3.63, 3.8) is 0 Å². The Morgan fingerprint density at radius 3 is 2.25 bits per heavy atom. The van der Waals surface area contributed by atoms with Crippen LogP contribution in [0.15, 0.2) is 77.7 Å². The highest BCUT2D eigenvalue weighted by Crippen LogP contribution is 2.26. The largest absolute Gasteiger partial charge is 0.495 e. The molecule has 2 N–H and O–H groups in total. The van der Waals surface area contributed by atoms with Crippen molar-refractivity contribution in [3.8, 4) is 11.5 Å². The molecule has 0 spiro atoms. The van der Waals surface area contributed by atoms with Gasteiger partial charge in [0.25, 0.3) is 0 Å². The smallest absolute Gasteiger partial charge is 0.245 e. The van der Waals surface area contributed by atoms with Gasteiger partial charge in [-0.05, 0) is 48.7 Å². The second kappa shape index (κ2) is 10.3. The van der Waals surface area contributed by atoms with Crippen molar-refractivity contribution in [3.05, 3.63) is 83.9 Å². The van der Waals surface area contributed by atoms with Gasteiger partial charge in [0.05, 0.1) is 19.9 Å². The fraction of sp³-hybridized carbons (Fsp3) is 0.208. The molecule has 168 valence electrons. The monoisotopic (exact) mass is 454 g/mol. The molecule has 0 aliphatic heterocycles. The van der Waals surface area contributed by atoms with Gasteiger partial charge in [0.2, 0.25) is 15.9 Å². The third-order valence-electron chi connectivity index (χ3n) is 4.87. The molecule has 0 heterocycles. The van der Waals surface area contributed by atoms with E-state index in [1.165, 1.54) is 20.3 Å². The van der Waals surface area contributed by atoms with Crippen molar-refractivity contribution >= 4 is 21.6 Å². The van der Waals surface area contributed by atoms with Crippen LogP contribution in [-0.2, 0) is 21.2 Å². The average Bonchev–Trinajstić information content (AvgIpc) is 2.79. The fourth-order valence-electron chi connectivity index (χ4n) is 3.25. The molecule has 0 radical (unpaired) electrons. The molecule has 3 rings (SSSR count). The Hall–Kier alpha value is -3.36. The average molecular weight is 455 g/mol. The number of para-hydroxylation sites is 2. The Labute approximate surface area is 188 Å². The number of hydrogen-bond acceptors (Lipinski definition) is 5. The molecule has 0 aromatic heterocycles. The summed E-state index contributed by atoms with van der Waals surface area (Å²) >= 11 is 0. The van der Waals surface area contributed by atoms with Gasteiger partial charge >= 0.3 is 0 Å². The first kappa shape index (κ1) is 23.3. The molecule has 0 bridgehead atoms. The highest BCUT2D eigenvalue weighted by Gasteiger charge is 2.29. The number of carbonyl (C=O) groups excluding carboxylic acids is 1. The van der Waals surface area contributed by atoms with E-state index in [1.54, 1.807) is 43.3 Å². The van der Waals surface area contributed by atoms with Gasteiger partial charge in [-0.2, -0.15) is 4.72 Å². The maximum absolute atomic E-state index is 13.2. The van der Waals surface area contributed by atoms with E-state index in [0.29, 0.717) is 11.4 Å². The Morgan fingerprint density at radius 1 is 0.906 bits per heavy atom. The van der Waals surface area contributed by atoms with Crippen LogP contribution in [0.1, 0.15) is 11.1 Å². The van der Waals surface area contributed by atoms with Crippen molar-refractivity contribution in [1.29, 1.82) is 0 Å². The topological polar surface area (TPSA) is 93.7 Å². The minimum absolute atomic E-state index is 0.0249. The molecule has 0 unspecified atom stereocenters. The number of sulfonamides is 1. The lowest BCUT2D eigenvalue weighted by Crippen LogP contribution is -2.45. The number of rotatable bonds is 9. The van der Waals surface area contributed by atoms with Gasteiger partial charge in [0, 0.05) is 0 Å². The first-order valence-corrected chi connectivity index (χ1v) is 11.5. The van der Waals surface area contributed by atoms with Crippen LogP contribution in [0.4, 0.5) is 5.69 Å². The molecule has 1 amide bonds. The van der Waals surface area contributed by atoms with Gasteiger partial charge in [-0.1, -0.05) is 48.5 Å². The van der Waals surface area contributed by atoms with Crippen LogP contribution in [0, 0.1) is 6.92 Å². The minimum atomic E-state index is -4.06. The van der Waals surface area contributed by atoms with Crippen LogP contribution in [-0.4, -0.2) is 34.6 Å². The molecule has 0 saturated heterocycles. The van der Waals surface area contributed by atoms with Crippen LogP contribution in [0.25, 0.3) is 0 Å². The lowest BCUT2D eigenvalue weighted by molar-refractivity contribution is -0.117. The Balaban J connectivity index is 1.94. The Bertz CT molecular complexity index is 1180. The molecule has 0 fully saturated rings. The first-order chi connectivity index (χ1) is 15.3. The van der Waals surface area contributed by atoms with Gasteiger partial charge < -0.3 is 14.8 Å². The molecule has 8 heteroatoms. The summed E-state index contributed by atoms with van der Waals surface area (Å²) in [5, 5.41) is 2.77. The van der Waals surface area contributed by atoms with Gasteiger partial charge in [-0.3, -0.25) is 4.79 Å². The lowest BCUT2D eigenvalue weighted by Gasteiger charge is -2.20. The number of hydrogen-bond donors (Lipinski definition) is 2. The second-order valence-corrected chi connectivity index (χ2v) is 8.89. The molecule has 0 aliphatic rings. The SMILES string of the molecule is COc1ccccc1NC(=O)[C@H](Cc1ccccc1)NS(=O)(=O)c1cc(C)ccc1OC. The first-order valence-electron chi connectivity index (χ1n) is 9.99. The molecule has 3 aromatic rings. The fourth-order valence-corrected chi connectivity index (χ4v) is 4.70. The summed E-state index contributed by atoms with van der Waals surface area (Å²) < 4.78 is 39.6. The zero-order valence-electron chi connectivity index (χ0n) is 18.2. The standard InChI is InChI=1S/C24H26N2O5S/c1-17-13-14-22(31-3)23(15-17)32(28,29)26-20(16-18-9-5-4-6-10-18)24(27)25-19-11-7-8-12-21(19)30-2/h4-15,20,26H,16H2,1-3H3,(H,25,27)/t20-/m0/s1. The van der Waals surface area contributed by atoms with Crippen LogP contribution in [0.3, 0.4) is 0 Å². The van der Waals surface area contributed by atoms with E-state index >= 15 is 0 Å². The summed E-state index contributed by atoms with van der Waals surface area (Å²) in [6.45, 7) is 1.79. The quantitative estimate of drug-likeness (QED) is 0.516. The van der Waals surface area contributed by atoms with E-state index < -0.39 is 22.0 Å². The number of carbonyl (C=O) groups is 1. The second-order valence-electron chi connectivity index (χ2n) is 7.21. The highest BCUT2D eigenvalue weighted by atomic mass is 32.2. The molecule has 0 aliphatic carbocycles. The summed E-state index contributed by atoms with van der Waals surface area (Å²) in [5.41, 5.74) is 2.02. The van der Waals surface area contributed by atoms with Gasteiger partial charge in [-0.15, -0.1) is 0 Å². The van der Waals surface area contributed by atoms with Crippen molar-refractivity contribution in [1.82, 2.24) is 4.72 Å². The van der Waals surface area contributed by atoms with Crippen LogP contribution in [0.5, 0.6) is 11.5 Å². The number of ether oxygens (including phenoxy) is 2. The van der Waals surface area contributed by atoms with E-state index in [0.717, 1.165) is 11.1 Å². The molecule has 0 saturated carbocycles. The van der Waals surface area contributed by atoms with Crippen LogP contribution < -0.4 is 19.5 Å². The van der Waals surface area contributed by atoms with E-state index in [4.69, 9.17) is 9.47 Å². The zero-order valence-corrected chi connectivity index (χ0v) is 19.0. The van der Waals surface area contributed by atoms with Gasteiger partial charge in [-0.25, -0.2) is 8.42 Å². The maximum Gasteiger partial charge on any atom is 0.245 e. The van der Waals surface area contributed by atoms with Crippen LogP contribution in [0.2, 0.25) is 0 Å². The highest BCUT2D eigenvalue weighted by molar-refractivity contribution is 7.89. The summed E-state index contributed by atoms with van der Waals surface area (Å²) in [6.07, 6.45) is 0.162. The number of amides is 1. The third-order valence-corrected chi connectivity index (χ3v) is 6.36. The summed E-state index contributed by atoms with van der Waals surface area (Å²) in [7, 11) is -1.16. The molecule has 3 aromatic carbocycles. The van der Waals surface area contributed by atoms with E-state index in [-0.39, 0.29) is 17.1 Å². The van der Waals surface area contributed by atoms with Crippen molar-refractivity contribution in [2.75, 3.05) is 19.5 Å². The number of anilines is 1. The predicted molar refractivity (Wildman–Crippen MR) is 124 cm³/mol. The molecular weight excluding hydrogens is 428 g/mol. The molecule has 1 atom stereocenters. The summed E-state index contributed by atoms with van der Waals surface area (Å²) in [6, 6.07) is 19.9. The normalized spacial score (nSPS) is 12.1. The van der Waals surface area contributed by atoms with E-state index in [9.17, 15) is 13.2 Å². The Morgan fingerprint density at radius 2 is 1.56 bits per heavy atom. The number of aryl methyl sites for hydroxylation is 1. The maximum atomic E-state index is 13.2. The van der Waals surface area contributed by atoms with Crippen molar-refractivity contribution in [2.24, 2.45) is 0 Å². The Kier molecular flexibility index (Phi) is 7.50. The summed E-state index contributed by atoms with van der Waals surface area (Å²) in [4.78, 5) is 13.2. The molecule has 32 heavy (non-hydrogen) atoms. The molecule has 7 nitrogen and oxygen atoms in total. The third kappa shape index (κ3) is 5.66.